The largest absolute Gasteiger partial charge is 0.493 e. The van der Waals surface area contributed by atoms with Gasteiger partial charge in [-0.2, -0.15) is 4.98 Å². The van der Waals surface area contributed by atoms with Crippen molar-refractivity contribution >= 4 is 22.9 Å². The van der Waals surface area contributed by atoms with Gasteiger partial charge in [0.15, 0.2) is 16.6 Å². The molecule has 1 aliphatic rings. The Kier molecular flexibility index (Phi) is 7.09. The molecule has 1 N–H and O–H groups in total. The predicted octanol–water partition coefficient (Wildman–Crippen LogP) is 4.20. The zero-order valence-electron chi connectivity index (χ0n) is 19.3. The van der Waals surface area contributed by atoms with Crippen molar-refractivity contribution in [3.05, 3.63) is 65.4 Å². The summed E-state index contributed by atoms with van der Waals surface area (Å²) in [7, 11) is 4.81. The number of rotatable bonds is 8. The lowest BCUT2D eigenvalue weighted by molar-refractivity contribution is 0.183. The first-order valence-corrected chi connectivity index (χ1v) is 11.0. The smallest absolute Gasteiger partial charge is 0.258 e. The summed E-state index contributed by atoms with van der Waals surface area (Å²) in [6.07, 6.45) is 0. The molecule has 2 aromatic carbocycles. The van der Waals surface area contributed by atoms with Crippen molar-refractivity contribution in [2.24, 2.45) is 0 Å². The van der Waals surface area contributed by atoms with E-state index in [1.807, 2.05) is 30.0 Å². The van der Waals surface area contributed by atoms with Gasteiger partial charge >= 0.3 is 0 Å². The van der Waals surface area contributed by atoms with Gasteiger partial charge in [0.2, 0.25) is 5.82 Å². The Morgan fingerprint density at radius 1 is 1.09 bits per heavy atom. The highest BCUT2D eigenvalue weighted by Gasteiger charge is 2.34. The first-order chi connectivity index (χ1) is 16.5. The molecule has 1 aliphatic heterocycles. The molecule has 4 rings (SSSR count). The van der Waals surface area contributed by atoms with Gasteiger partial charge in [-0.25, -0.2) is 4.39 Å². The van der Waals surface area contributed by atoms with Gasteiger partial charge < -0.3 is 29.0 Å². The van der Waals surface area contributed by atoms with E-state index in [1.54, 1.807) is 33.5 Å². The number of benzene rings is 2. The maximum absolute atomic E-state index is 13.4. The number of nitrogens with zero attached hydrogens (tertiary/aromatic N) is 3. The van der Waals surface area contributed by atoms with Crippen LogP contribution < -0.4 is 14.8 Å². The van der Waals surface area contributed by atoms with Crippen molar-refractivity contribution in [1.82, 2.24) is 20.4 Å². The van der Waals surface area contributed by atoms with E-state index in [0.29, 0.717) is 47.0 Å². The molecule has 1 atom stereocenters. The van der Waals surface area contributed by atoms with Crippen molar-refractivity contribution < 1.29 is 23.1 Å². The highest BCUT2D eigenvalue weighted by Crippen LogP contribution is 2.40. The van der Waals surface area contributed by atoms with Gasteiger partial charge in [0.25, 0.3) is 5.89 Å². The Balaban J connectivity index is 1.81. The van der Waals surface area contributed by atoms with Crippen LogP contribution >= 0.6 is 12.2 Å². The molecule has 2 heterocycles. The molecule has 0 spiro atoms. The standard InChI is InChI=1S/C24H25FN4O4S/c1-14-20(23-27-22(28-33-23)15-5-8-17(25)9-6-15)21(26-24(34)29(14)11-12-30-2)16-7-10-18(31-3)19(13-16)32-4/h5-10,13,21H,11-12H2,1-4H3,(H,26,34). The maximum atomic E-state index is 13.4. The average molecular weight is 485 g/mol. The van der Waals surface area contributed by atoms with Crippen LogP contribution in [-0.2, 0) is 4.74 Å². The zero-order valence-corrected chi connectivity index (χ0v) is 20.1. The fourth-order valence-electron chi connectivity index (χ4n) is 3.84. The van der Waals surface area contributed by atoms with Crippen LogP contribution in [-0.4, -0.2) is 54.6 Å². The number of hydrogen-bond acceptors (Lipinski definition) is 7. The van der Waals surface area contributed by atoms with E-state index in [1.165, 1.54) is 12.1 Å². The van der Waals surface area contributed by atoms with Gasteiger partial charge in [-0.05, 0) is 61.1 Å². The number of thiocarbonyl (C=S) groups is 1. The monoisotopic (exact) mass is 484 g/mol. The van der Waals surface area contributed by atoms with E-state index in [4.69, 9.17) is 31.0 Å². The summed E-state index contributed by atoms with van der Waals surface area (Å²) in [5.41, 5.74) is 3.14. The fourth-order valence-corrected chi connectivity index (χ4v) is 4.19. The molecule has 0 bridgehead atoms. The summed E-state index contributed by atoms with van der Waals surface area (Å²) < 4.78 is 35.2. The lowest BCUT2D eigenvalue weighted by Gasteiger charge is -2.37. The van der Waals surface area contributed by atoms with E-state index < -0.39 is 0 Å². The predicted molar refractivity (Wildman–Crippen MR) is 129 cm³/mol. The summed E-state index contributed by atoms with van der Waals surface area (Å²) in [4.78, 5) is 6.56. The highest BCUT2D eigenvalue weighted by molar-refractivity contribution is 7.80. The Bertz CT molecular complexity index is 1210. The van der Waals surface area contributed by atoms with E-state index in [2.05, 4.69) is 15.5 Å². The SMILES string of the molecule is COCCN1C(=S)NC(c2ccc(OC)c(OC)c2)C(c2nc(-c3ccc(F)cc3)no2)=C1C. The summed E-state index contributed by atoms with van der Waals surface area (Å²) in [6.45, 7) is 2.99. The van der Waals surface area contributed by atoms with Crippen molar-refractivity contribution in [1.29, 1.82) is 0 Å². The molecule has 10 heteroatoms. The van der Waals surface area contributed by atoms with Crippen molar-refractivity contribution in [2.75, 3.05) is 34.5 Å². The summed E-state index contributed by atoms with van der Waals surface area (Å²) in [6, 6.07) is 11.2. The molecule has 0 fully saturated rings. The van der Waals surface area contributed by atoms with Gasteiger partial charge in [0.05, 0.1) is 32.4 Å². The van der Waals surface area contributed by atoms with Gasteiger partial charge in [-0.1, -0.05) is 11.2 Å². The Hall–Kier alpha value is -3.50. The maximum Gasteiger partial charge on any atom is 0.258 e. The lowest BCUT2D eigenvalue weighted by atomic mass is 9.94. The molecule has 0 saturated heterocycles. The molecular weight excluding hydrogens is 459 g/mol. The van der Waals surface area contributed by atoms with Gasteiger partial charge in [0.1, 0.15) is 5.82 Å². The molecule has 8 nitrogen and oxygen atoms in total. The van der Waals surface area contributed by atoms with Gasteiger partial charge in [0, 0.05) is 24.9 Å². The molecule has 0 saturated carbocycles. The topological polar surface area (TPSA) is 81.9 Å². The third-order valence-corrected chi connectivity index (χ3v) is 5.95. The number of allylic oxidation sites excluding steroid dienone is 1. The van der Waals surface area contributed by atoms with Crippen molar-refractivity contribution in [2.45, 2.75) is 13.0 Å². The summed E-state index contributed by atoms with van der Waals surface area (Å²) in [5.74, 6) is 1.55. The van der Waals surface area contributed by atoms with Crippen LogP contribution in [0.1, 0.15) is 24.4 Å². The quantitative estimate of drug-likeness (QED) is 0.473. The van der Waals surface area contributed by atoms with Crippen LogP contribution in [0.15, 0.2) is 52.7 Å². The number of halogens is 1. The summed E-state index contributed by atoms with van der Waals surface area (Å²) in [5, 5.41) is 8.07. The van der Waals surface area contributed by atoms with Crippen molar-refractivity contribution in [3.8, 4) is 22.9 Å². The van der Waals surface area contributed by atoms with Crippen LogP contribution in [0, 0.1) is 5.82 Å². The van der Waals surface area contributed by atoms with Crippen LogP contribution in [0.5, 0.6) is 11.5 Å². The molecule has 0 radical (unpaired) electrons. The molecular formula is C24H25FN4O4S. The minimum absolute atomic E-state index is 0.328. The Labute approximate surface area is 202 Å². The second-order valence-electron chi connectivity index (χ2n) is 7.57. The Morgan fingerprint density at radius 2 is 1.82 bits per heavy atom. The normalized spacial score (nSPS) is 16.0. The van der Waals surface area contributed by atoms with Gasteiger partial charge in [-0.3, -0.25) is 0 Å². The first kappa shape index (κ1) is 23.7. The second-order valence-corrected chi connectivity index (χ2v) is 7.96. The van der Waals surface area contributed by atoms with E-state index in [9.17, 15) is 4.39 Å². The Morgan fingerprint density at radius 3 is 2.50 bits per heavy atom. The minimum atomic E-state index is -0.382. The third kappa shape index (κ3) is 4.59. The third-order valence-electron chi connectivity index (χ3n) is 5.62. The molecule has 3 aromatic rings. The molecule has 1 aromatic heterocycles. The van der Waals surface area contributed by atoms with Crippen LogP contribution in [0.4, 0.5) is 4.39 Å². The number of hydrogen-bond donors (Lipinski definition) is 1. The first-order valence-electron chi connectivity index (χ1n) is 10.6. The van der Waals surface area contributed by atoms with E-state index in [0.717, 1.165) is 16.8 Å². The highest BCUT2D eigenvalue weighted by atomic mass is 32.1. The fraction of sp³-hybridized carbons (Fsp3) is 0.292. The number of aromatic nitrogens is 2. The van der Waals surface area contributed by atoms with Crippen LogP contribution in [0.3, 0.4) is 0 Å². The zero-order chi connectivity index (χ0) is 24.2. The lowest BCUT2D eigenvalue weighted by Crippen LogP contribution is -2.47. The molecule has 0 aliphatic carbocycles. The minimum Gasteiger partial charge on any atom is -0.493 e. The van der Waals surface area contributed by atoms with Crippen LogP contribution in [0.25, 0.3) is 17.0 Å². The molecule has 0 amide bonds. The van der Waals surface area contributed by atoms with Crippen LogP contribution in [0.2, 0.25) is 0 Å². The van der Waals surface area contributed by atoms with E-state index in [-0.39, 0.29) is 11.9 Å². The van der Waals surface area contributed by atoms with Gasteiger partial charge in [-0.15, -0.1) is 0 Å². The number of methoxy groups -OCH3 is 3. The molecule has 1 unspecified atom stereocenters. The summed E-state index contributed by atoms with van der Waals surface area (Å²) >= 11 is 5.67. The van der Waals surface area contributed by atoms with Crippen molar-refractivity contribution in [3.63, 3.8) is 0 Å². The molecule has 178 valence electrons. The number of nitrogens with one attached hydrogen (secondary N) is 1. The van der Waals surface area contributed by atoms with E-state index >= 15 is 0 Å². The second kappa shape index (κ2) is 10.2. The average Bonchev–Trinajstić information content (AvgIpc) is 3.33. The molecule has 34 heavy (non-hydrogen) atoms. The number of ether oxygens (including phenoxy) is 3.